The molecular weight excluding hydrogens is 318 g/mol. The number of ether oxygens (including phenoxy) is 1. The minimum absolute atomic E-state index is 0.205. The minimum Gasteiger partial charge on any atom is -0.497 e. The quantitative estimate of drug-likeness (QED) is 0.825. The molecule has 2 N–H and O–H groups in total. The average molecular weight is 332 g/mol. The van der Waals surface area contributed by atoms with Crippen molar-refractivity contribution in [3.63, 3.8) is 0 Å². The Bertz CT molecular complexity index is 753. The van der Waals surface area contributed by atoms with Crippen LogP contribution in [0.5, 0.6) is 5.75 Å². The Morgan fingerprint density at radius 3 is 2.35 bits per heavy atom. The van der Waals surface area contributed by atoms with Crippen LogP contribution in [0.3, 0.4) is 0 Å². The van der Waals surface area contributed by atoms with Crippen LogP contribution in [0.15, 0.2) is 54.2 Å². The number of nitrogens with one attached hydrogen (secondary N) is 1. The maximum atomic E-state index is 12.2. The van der Waals surface area contributed by atoms with Gasteiger partial charge in [0.1, 0.15) is 11.4 Å². The van der Waals surface area contributed by atoms with Crippen molar-refractivity contribution in [3.8, 4) is 5.75 Å². The Morgan fingerprint density at radius 2 is 1.78 bits per heavy atom. The standard InChI is InChI=1S/C17H14ClNO4/c1-23-12-8-6-11(7-9-12)10-15(17(21)22)19-16(20)13-4-2-3-5-14(13)18/h2-10H,1H3,(H,19,20)(H,21,22)/b15-10+. The summed E-state index contributed by atoms with van der Waals surface area (Å²) in [5, 5.41) is 11.9. The highest BCUT2D eigenvalue weighted by atomic mass is 35.5. The van der Waals surface area contributed by atoms with E-state index in [0.717, 1.165) is 0 Å². The fourth-order valence-electron chi connectivity index (χ4n) is 1.85. The van der Waals surface area contributed by atoms with E-state index >= 15 is 0 Å². The number of benzene rings is 2. The second kappa shape index (κ2) is 7.47. The molecule has 6 heteroatoms. The summed E-state index contributed by atoms with van der Waals surface area (Å²) in [4.78, 5) is 23.5. The molecule has 0 saturated heterocycles. The van der Waals surface area contributed by atoms with E-state index in [4.69, 9.17) is 16.3 Å². The molecule has 0 unspecified atom stereocenters. The number of carboxylic acids is 1. The van der Waals surface area contributed by atoms with Crippen molar-refractivity contribution in [3.05, 3.63) is 70.4 Å². The van der Waals surface area contributed by atoms with Crippen LogP contribution in [-0.2, 0) is 4.79 Å². The summed E-state index contributed by atoms with van der Waals surface area (Å²) in [6.45, 7) is 0. The Kier molecular flexibility index (Phi) is 5.38. The van der Waals surface area contributed by atoms with Gasteiger partial charge in [-0.25, -0.2) is 4.79 Å². The first kappa shape index (κ1) is 16.6. The molecule has 2 aromatic carbocycles. The lowest BCUT2D eigenvalue weighted by molar-refractivity contribution is -0.132. The third kappa shape index (κ3) is 4.34. The Hall–Kier alpha value is -2.79. The summed E-state index contributed by atoms with van der Waals surface area (Å²) in [6, 6.07) is 13.2. The zero-order chi connectivity index (χ0) is 16.8. The van der Waals surface area contributed by atoms with Gasteiger partial charge in [0.25, 0.3) is 5.91 Å². The molecule has 0 radical (unpaired) electrons. The van der Waals surface area contributed by atoms with Crippen molar-refractivity contribution < 1.29 is 19.4 Å². The number of aliphatic carboxylic acids is 1. The van der Waals surface area contributed by atoms with Crippen LogP contribution in [0.4, 0.5) is 0 Å². The predicted molar refractivity (Wildman–Crippen MR) is 87.5 cm³/mol. The van der Waals surface area contributed by atoms with Crippen molar-refractivity contribution in [2.24, 2.45) is 0 Å². The molecule has 0 aliphatic heterocycles. The van der Waals surface area contributed by atoms with Gasteiger partial charge in [-0.15, -0.1) is 0 Å². The van der Waals surface area contributed by atoms with Gasteiger partial charge in [-0.2, -0.15) is 0 Å². The van der Waals surface area contributed by atoms with Gasteiger partial charge in [-0.05, 0) is 35.9 Å². The van der Waals surface area contributed by atoms with E-state index in [1.165, 1.54) is 19.3 Å². The molecule has 0 aliphatic carbocycles. The molecule has 0 heterocycles. The number of halogens is 1. The van der Waals surface area contributed by atoms with Gasteiger partial charge >= 0.3 is 5.97 Å². The Morgan fingerprint density at radius 1 is 1.13 bits per heavy atom. The molecule has 0 bridgehead atoms. The normalized spacial score (nSPS) is 11.0. The lowest BCUT2D eigenvalue weighted by Crippen LogP contribution is -2.27. The number of rotatable bonds is 5. The maximum Gasteiger partial charge on any atom is 0.352 e. The molecule has 0 saturated carbocycles. The van der Waals surface area contributed by atoms with Crippen LogP contribution in [0.1, 0.15) is 15.9 Å². The largest absolute Gasteiger partial charge is 0.497 e. The van der Waals surface area contributed by atoms with E-state index in [2.05, 4.69) is 5.32 Å². The van der Waals surface area contributed by atoms with Crippen LogP contribution in [-0.4, -0.2) is 24.1 Å². The molecule has 0 atom stereocenters. The van der Waals surface area contributed by atoms with Crippen molar-refractivity contribution in [2.45, 2.75) is 0 Å². The van der Waals surface area contributed by atoms with Gasteiger partial charge < -0.3 is 15.2 Å². The summed E-state index contributed by atoms with van der Waals surface area (Å²) in [6.07, 6.45) is 1.36. The van der Waals surface area contributed by atoms with Crippen LogP contribution < -0.4 is 10.1 Å². The van der Waals surface area contributed by atoms with Crippen LogP contribution >= 0.6 is 11.6 Å². The van der Waals surface area contributed by atoms with Crippen LogP contribution in [0.2, 0.25) is 5.02 Å². The molecule has 2 rings (SSSR count). The highest BCUT2D eigenvalue weighted by molar-refractivity contribution is 6.34. The molecule has 0 fully saturated rings. The van der Waals surface area contributed by atoms with E-state index in [1.54, 1.807) is 42.5 Å². The van der Waals surface area contributed by atoms with E-state index in [-0.39, 0.29) is 16.3 Å². The fraction of sp³-hybridized carbons (Fsp3) is 0.0588. The van der Waals surface area contributed by atoms with Crippen molar-refractivity contribution in [2.75, 3.05) is 7.11 Å². The molecule has 1 amide bonds. The number of hydrogen-bond donors (Lipinski definition) is 2. The summed E-state index contributed by atoms with van der Waals surface area (Å²) in [5.74, 6) is -1.18. The molecule has 0 spiro atoms. The highest BCUT2D eigenvalue weighted by Gasteiger charge is 2.15. The molecule has 5 nitrogen and oxygen atoms in total. The third-order valence-electron chi connectivity index (χ3n) is 3.02. The van der Waals surface area contributed by atoms with Crippen molar-refractivity contribution in [1.29, 1.82) is 0 Å². The van der Waals surface area contributed by atoms with E-state index in [1.807, 2.05) is 0 Å². The number of amides is 1. The van der Waals surface area contributed by atoms with Crippen LogP contribution in [0.25, 0.3) is 6.08 Å². The number of hydrogen-bond acceptors (Lipinski definition) is 3. The Balaban J connectivity index is 2.24. The monoisotopic (exact) mass is 331 g/mol. The zero-order valence-electron chi connectivity index (χ0n) is 12.2. The average Bonchev–Trinajstić information content (AvgIpc) is 2.55. The van der Waals surface area contributed by atoms with Gasteiger partial charge in [0.15, 0.2) is 0 Å². The van der Waals surface area contributed by atoms with Crippen molar-refractivity contribution in [1.82, 2.24) is 5.32 Å². The lowest BCUT2D eigenvalue weighted by atomic mass is 10.1. The van der Waals surface area contributed by atoms with Crippen molar-refractivity contribution >= 4 is 29.6 Å². The van der Waals surface area contributed by atoms with E-state index < -0.39 is 11.9 Å². The summed E-state index contributed by atoms with van der Waals surface area (Å²) in [7, 11) is 1.54. The second-order valence-electron chi connectivity index (χ2n) is 4.57. The number of carbonyl (C=O) groups excluding carboxylic acids is 1. The molecule has 2 aromatic rings. The fourth-order valence-corrected chi connectivity index (χ4v) is 2.07. The number of carboxylic acid groups (broad SMARTS) is 1. The molecule has 0 aliphatic rings. The first-order valence-electron chi connectivity index (χ1n) is 6.66. The molecular formula is C17H14ClNO4. The minimum atomic E-state index is -1.25. The molecule has 0 aromatic heterocycles. The van der Waals surface area contributed by atoms with Crippen LogP contribution in [0, 0.1) is 0 Å². The maximum absolute atomic E-state index is 12.2. The smallest absolute Gasteiger partial charge is 0.352 e. The first-order chi connectivity index (χ1) is 11.0. The zero-order valence-corrected chi connectivity index (χ0v) is 13.0. The Labute approximate surface area is 138 Å². The van der Waals surface area contributed by atoms with Gasteiger partial charge in [-0.1, -0.05) is 35.9 Å². The molecule has 23 heavy (non-hydrogen) atoms. The lowest BCUT2D eigenvalue weighted by Gasteiger charge is -2.08. The topological polar surface area (TPSA) is 75.6 Å². The van der Waals surface area contributed by atoms with Gasteiger partial charge in [-0.3, -0.25) is 4.79 Å². The van der Waals surface area contributed by atoms with E-state index in [0.29, 0.717) is 11.3 Å². The van der Waals surface area contributed by atoms with Gasteiger partial charge in [0.2, 0.25) is 0 Å². The first-order valence-corrected chi connectivity index (χ1v) is 7.04. The van der Waals surface area contributed by atoms with E-state index in [9.17, 15) is 14.7 Å². The highest BCUT2D eigenvalue weighted by Crippen LogP contribution is 2.16. The number of methoxy groups -OCH3 is 1. The number of carbonyl (C=O) groups is 2. The second-order valence-corrected chi connectivity index (χ2v) is 4.98. The predicted octanol–water partition coefficient (Wildman–Crippen LogP) is 3.20. The van der Waals surface area contributed by atoms with Gasteiger partial charge in [0, 0.05) is 0 Å². The SMILES string of the molecule is COc1ccc(/C=C(/NC(=O)c2ccccc2Cl)C(=O)O)cc1. The summed E-state index contributed by atoms with van der Waals surface area (Å²) < 4.78 is 5.04. The van der Waals surface area contributed by atoms with Gasteiger partial charge in [0.05, 0.1) is 17.7 Å². The third-order valence-corrected chi connectivity index (χ3v) is 3.35. The molecule has 118 valence electrons. The summed E-state index contributed by atoms with van der Waals surface area (Å²) >= 11 is 5.93. The summed E-state index contributed by atoms with van der Waals surface area (Å²) in [5.41, 5.74) is 0.568.